The van der Waals surface area contributed by atoms with Crippen molar-refractivity contribution < 1.29 is 19.8 Å². The fraction of sp³-hybridized carbons (Fsp3) is 0.385. The summed E-state index contributed by atoms with van der Waals surface area (Å²) in [5.74, 6) is -1.62. The van der Waals surface area contributed by atoms with Crippen molar-refractivity contribution in [3.63, 3.8) is 0 Å². The Morgan fingerprint density at radius 3 is 2.33 bits per heavy atom. The van der Waals surface area contributed by atoms with Gasteiger partial charge < -0.3 is 15.5 Å². The van der Waals surface area contributed by atoms with E-state index in [2.05, 4.69) is 5.32 Å². The summed E-state index contributed by atoms with van der Waals surface area (Å²) in [7, 11) is 0. The number of amides is 1. The molecule has 0 saturated carbocycles. The van der Waals surface area contributed by atoms with Crippen molar-refractivity contribution in [2.75, 3.05) is 0 Å². The highest BCUT2D eigenvalue weighted by molar-refractivity contribution is 5.96. The lowest BCUT2D eigenvalue weighted by Gasteiger charge is -2.18. The molecule has 18 heavy (non-hydrogen) atoms. The molecule has 0 aliphatic carbocycles. The van der Waals surface area contributed by atoms with Crippen molar-refractivity contribution in [3.8, 4) is 5.75 Å². The predicted octanol–water partition coefficient (Wildman–Crippen LogP) is 1.54. The van der Waals surface area contributed by atoms with E-state index < -0.39 is 17.9 Å². The van der Waals surface area contributed by atoms with Crippen LogP contribution < -0.4 is 5.32 Å². The number of carboxylic acids is 1. The van der Waals surface area contributed by atoms with Crippen LogP contribution in [0.25, 0.3) is 0 Å². The fourth-order valence-corrected chi connectivity index (χ4v) is 1.53. The molecule has 0 fully saturated rings. The SMILES string of the molecule is Cc1cc(C(=O)N[C@@H](C(=O)O)C(C)C)ccc1O. The molecule has 0 spiro atoms. The minimum atomic E-state index is -1.06. The molecule has 0 saturated heterocycles. The number of phenols is 1. The van der Waals surface area contributed by atoms with Crippen LogP contribution in [0.2, 0.25) is 0 Å². The van der Waals surface area contributed by atoms with E-state index in [9.17, 15) is 14.7 Å². The van der Waals surface area contributed by atoms with Gasteiger partial charge in [0.15, 0.2) is 0 Å². The number of carbonyl (C=O) groups excluding carboxylic acids is 1. The van der Waals surface area contributed by atoms with Crippen molar-refractivity contribution in [1.29, 1.82) is 0 Å². The molecule has 3 N–H and O–H groups in total. The Morgan fingerprint density at radius 1 is 1.28 bits per heavy atom. The van der Waals surface area contributed by atoms with Gasteiger partial charge in [0, 0.05) is 5.56 Å². The van der Waals surface area contributed by atoms with Crippen molar-refractivity contribution in [2.24, 2.45) is 5.92 Å². The molecule has 0 aromatic heterocycles. The fourth-order valence-electron chi connectivity index (χ4n) is 1.53. The average Bonchev–Trinajstić information content (AvgIpc) is 2.28. The number of benzene rings is 1. The number of nitrogens with one attached hydrogen (secondary N) is 1. The van der Waals surface area contributed by atoms with E-state index in [0.29, 0.717) is 11.1 Å². The molecule has 1 amide bonds. The Bertz CT molecular complexity index is 468. The van der Waals surface area contributed by atoms with Gasteiger partial charge in [0.05, 0.1) is 0 Å². The van der Waals surface area contributed by atoms with Gasteiger partial charge in [-0.25, -0.2) is 4.79 Å². The number of aromatic hydroxyl groups is 1. The highest BCUT2D eigenvalue weighted by Gasteiger charge is 2.23. The van der Waals surface area contributed by atoms with Gasteiger partial charge in [-0.05, 0) is 36.6 Å². The summed E-state index contributed by atoms with van der Waals surface area (Å²) in [5, 5.41) is 20.8. The Kier molecular flexibility index (Phi) is 4.31. The molecule has 5 nitrogen and oxygen atoms in total. The maximum atomic E-state index is 11.9. The number of phenolic OH excluding ortho intramolecular Hbond substituents is 1. The van der Waals surface area contributed by atoms with Crippen molar-refractivity contribution in [3.05, 3.63) is 29.3 Å². The summed E-state index contributed by atoms with van der Waals surface area (Å²) in [6, 6.07) is 3.46. The maximum Gasteiger partial charge on any atom is 0.326 e. The first-order chi connectivity index (χ1) is 8.32. The summed E-state index contributed by atoms with van der Waals surface area (Å²) in [5.41, 5.74) is 0.899. The van der Waals surface area contributed by atoms with Crippen LogP contribution in [-0.4, -0.2) is 28.1 Å². The Labute approximate surface area is 105 Å². The van der Waals surface area contributed by atoms with Crippen LogP contribution >= 0.6 is 0 Å². The third-order valence-electron chi connectivity index (χ3n) is 2.68. The van der Waals surface area contributed by atoms with Crippen LogP contribution in [0, 0.1) is 12.8 Å². The number of hydrogen-bond acceptors (Lipinski definition) is 3. The van der Waals surface area contributed by atoms with Crippen LogP contribution in [0.1, 0.15) is 29.8 Å². The first-order valence-corrected chi connectivity index (χ1v) is 5.66. The van der Waals surface area contributed by atoms with E-state index in [1.165, 1.54) is 18.2 Å². The minimum absolute atomic E-state index is 0.102. The summed E-state index contributed by atoms with van der Waals surface area (Å²) in [4.78, 5) is 22.8. The molecule has 1 rings (SSSR count). The van der Waals surface area contributed by atoms with Crippen molar-refractivity contribution in [1.82, 2.24) is 5.32 Å². The lowest BCUT2D eigenvalue weighted by atomic mass is 10.0. The van der Waals surface area contributed by atoms with Crippen molar-refractivity contribution >= 4 is 11.9 Å². The quantitative estimate of drug-likeness (QED) is 0.757. The zero-order valence-electron chi connectivity index (χ0n) is 10.6. The summed E-state index contributed by atoms with van der Waals surface area (Å²) < 4.78 is 0. The topological polar surface area (TPSA) is 86.6 Å². The first-order valence-electron chi connectivity index (χ1n) is 5.66. The average molecular weight is 251 g/mol. The van der Waals surface area contributed by atoms with E-state index in [1.807, 2.05) is 0 Å². The van der Waals surface area contributed by atoms with Crippen LogP contribution in [0.4, 0.5) is 0 Å². The maximum absolute atomic E-state index is 11.9. The molecule has 5 heteroatoms. The monoisotopic (exact) mass is 251 g/mol. The van der Waals surface area contributed by atoms with Gasteiger partial charge >= 0.3 is 5.97 Å². The molecule has 1 aromatic carbocycles. The standard InChI is InChI=1S/C13H17NO4/c1-7(2)11(13(17)18)14-12(16)9-4-5-10(15)8(3)6-9/h4-7,11,15H,1-3H3,(H,14,16)(H,17,18)/t11-/m1/s1. The van der Waals surface area contributed by atoms with E-state index in [0.717, 1.165) is 0 Å². The normalized spacial score (nSPS) is 12.2. The minimum Gasteiger partial charge on any atom is -0.508 e. The second-order valence-corrected chi connectivity index (χ2v) is 4.53. The Hall–Kier alpha value is -2.04. The van der Waals surface area contributed by atoms with Crippen LogP contribution in [0.15, 0.2) is 18.2 Å². The summed E-state index contributed by atoms with van der Waals surface area (Å²) in [6.45, 7) is 5.12. The second kappa shape index (κ2) is 5.53. The lowest BCUT2D eigenvalue weighted by Crippen LogP contribution is -2.44. The van der Waals surface area contributed by atoms with Gasteiger partial charge in [0.25, 0.3) is 5.91 Å². The first kappa shape index (κ1) is 14.0. The highest BCUT2D eigenvalue weighted by atomic mass is 16.4. The van der Waals surface area contributed by atoms with Gasteiger partial charge in [-0.3, -0.25) is 4.79 Å². The summed E-state index contributed by atoms with van der Waals surface area (Å²) in [6.07, 6.45) is 0. The van der Waals surface area contributed by atoms with Crippen LogP contribution in [-0.2, 0) is 4.79 Å². The van der Waals surface area contributed by atoms with Gasteiger partial charge in [-0.2, -0.15) is 0 Å². The predicted molar refractivity (Wildman–Crippen MR) is 66.6 cm³/mol. The van der Waals surface area contributed by atoms with E-state index in [-0.39, 0.29) is 11.7 Å². The molecule has 0 bridgehead atoms. The van der Waals surface area contributed by atoms with Gasteiger partial charge in [0.2, 0.25) is 0 Å². The second-order valence-electron chi connectivity index (χ2n) is 4.53. The number of hydrogen-bond donors (Lipinski definition) is 3. The van der Waals surface area contributed by atoms with E-state index in [4.69, 9.17) is 5.11 Å². The smallest absolute Gasteiger partial charge is 0.326 e. The molecule has 1 atom stereocenters. The third-order valence-corrected chi connectivity index (χ3v) is 2.68. The largest absolute Gasteiger partial charge is 0.508 e. The zero-order valence-corrected chi connectivity index (χ0v) is 10.6. The number of aliphatic carboxylic acids is 1. The number of rotatable bonds is 4. The molecule has 0 aliphatic heterocycles. The number of carboxylic acid groups (broad SMARTS) is 1. The van der Waals surface area contributed by atoms with Gasteiger partial charge in [0.1, 0.15) is 11.8 Å². The van der Waals surface area contributed by atoms with Crippen molar-refractivity contribution in [2.45, 2.75) is 26.8 Å². The van der Waals surface area contributed by atoms with Crippen LogP contribution in [0.3, 0.4) is 0 Å². The van der Waals surface area contributed by atoms with Gasteiger partial charge in [-0.15, -0.1) is 0 Å². The zero-order chi connectivity index (χ0) is 13.9. The molecule has 0 unspecified atom stereocenters. The number of aryl methyl sites for hydroxylation is 1. The highest BCUT2D eigenvalue weighted by Crippen LogP contribution is 2.17. The number of carbonyl (C=O) groups is 2. The molecular formula is C13H17NO4. The molecular weight excluding hydrogens is 234 g/mol. The van der Waals surface area contributed by atoms with E-state index >= 15 is 0 Å². The van der Waals surface area contributed by atoms with E-state index in [1.54, 1.807) is 20.8 Å². The van der Waals surface area contributed by atoms with Crippen LogP contribution in [0.5, 0.6) is 5.75 Å². The third kappa shape index (κ3) is 3.23. The Morgan fingerprint density at radius 2 is 1.89 bits per heavy atom. The molecule has 0 aliphatic rings. The summed E-state index contributed by atoms with van der Waals surface area (Å²) >= 11 is 0. The molecule has 0 radical (unpaired) electrons. The lowest BCUT2D eigenvalue weighted by molar-refractivity contribution is -0.140. The molecule has 0 heterocycles. The van der Waals surface area contributed by atoms with Gasteiger partial charge in [-0.1, -0.05) is 13.8 Å². The molecule has 98 valence electrons. The molecule has 1 aromatic rings. The Balaban J connectivity index is 2.87.